The van der Waals surface area contributed by atoms with Crippen LogP contribution >= 0.6 is 0 Å². The van der Waals surface area contributed by atoms with Gasteiger partial charge in [0.1, 0.15) is 18.7 Å². The first-order valence-corrected chi connectivity index (χ1v) is 29.6. The molecular formula is C57H69N13O11S2+2. The molecule has 7 rings (SSSR count). The van der Waals surface area contributed by atoms with Gasteiger partial charge in [-0.3, -0.25) is 64.8 Å². The Balaban J connectivity index is 0.860. The SMILES string of the molecule is CNC(=O)C(=O)NNc1ccc(NS(=O)(=O)c2ccc(C)c(NC(=O)Cc3ccc[n+](CCCC[n+]4cccc(C(=O)Nc5c(C)ccc(S(=O)(=O)Nc6ccc(NNC(=O)C(=O)NCCCN7CCOCC7)cc6)c5C)c4)c3)c2C)cc1. The minimum atomic E-state index is -4.14. The van der Waals surface area contributed by atoms with E-state index in [0.717, 1.165) is 38.0 Å². The first-order chi connectivity index (χ1) is 39.7. The van der Waals surface area contributed by atoms with E-state index in [4.69, 9.17) is 4.74 Å². The van der Waals surface area contributed by atoms with E-state index in [9.17, 15) is 45.6 Å². The fourth-order valence-corrected chi connectivity index (χ4v) is 11.6. The van der Waals surface area contributed by atoms with Gasteiger partial charge < -0.3 is 26.0 Å². The van der Waals surface area contributed by atoms with Crippen LogP contribution in [-0.4, -0.2) is 104 Å². The summed E-state index contributed by atoms with van der Waals surface area (Å²) in [7, 11) is -6.93. The van der Waals surface area contributed by atoms with Crippen molar-refractivity contribution in [3.63, 3.8) is 0 Å². The Morgan fingerprint density at radius 3 is 1.60 bits per heavy atom. The van der Waals surface area contributed by atoms with Crippen molar-refractivity contribution < 1.29 is 59.5 Å². The van der Waals surface area contributed by atoms with E-state index in [2.05, 4.69) is 57.3 Å². The molecule has 0 aliphatic carbocycles. The summed E-state index contributed by atoms with van der Waals surface area (Å²) in [6, 6.07) is 25.3. The Bertz CT molecular complexity index is 3580. The molecule has 0 spiro atoms. The molecule has 3 heterocycles. The largest absolute Gasteiger partial charge is 0.379 e. The van der Waals surface area contributed by atoms with Crippen LogP contribution in [-0.2, 0) is 68.3 Å². The molecule has 438 valence electrons. The van der Waals surface area contributed by atoms with Gasteiger partial charge >= 0.3 is 23.6 Å². The van der Waals surface area contributed by atoms with E-state index >= 15 is 0 Å². The highest BCUT2D eigenvalue weighted by molar-refractivity contribution is 7.93. The third-order valence-corrected chi connectivity index (χ3v) is 16.5. The number of anilines is 6. The van der Waals surface area contributed by atoms with Crippen molar-refractivity contribution in [2.24, 2.45) is 0 Å². The fourth-order valence-electron chi connectivity index (χ4n) is 8.94. The van der Waals surface area contributed by atoms with Crippen molar-refractivity contribution in [3.8, 4) is 0 Å². The van der Waals surface area contributed by atoms with Crippen molar-refractivity contribution in [2.75, 3.05) is 77.4 Å². The first kappa shape index (κ1) is 61.6. The van der Waals surface area contributed by atoms with Gasteiger partial charge in [0.15, 0.2) is 24.8 Å². The smallest absolute Gasteiger partial charge is 0.327 e. The third kappa shape index (κ3) is 17.5. The van der Waals surface area contributed by atoms with E-state index in [1.165, 1.54) is 67.7 Å². The molecule has 0 atom stereocenters. The number of carbonyl (C=O) groups is 6. The number of likely N-dealkylation sites (N-methyl/N-ethyl adjacent to an activating group) is 1. The maximum Gasteiger partial charge on any atom is 0.327 e. The van der Waals surface area contributed by atoms with Crippen molar-refractivity contribution in [1.29, 1.82) is 0 Å². The number of hydrogen-bond donors (Lipinski definition) is 10. The van der Waals surface area contributed by atoms with Crippen LogP contribution in [0, 0.1) is 27.7 Å². The summed E-state index contributed by atoms with van der Waals surface area (Å²) >= 11 is 0. The predicted octanol–water partition coefficient (Wildman–Crippen LogP) is 3.48. The van der Waals surface area contributed by atoms with Gasteiger partial charge in [0, 0.05) is 80.0 Å². The van der Waals surface area contributed by atoms with E-state index in [0.29, 0.717) is 89.8 Å². The highest BCUT2D eigenvalue weighted by Gasteiger charge is 2.25. The number of amides is 6. The Morgan fingerprint density at radius 1 is 0.566 bits per heavy atom. The quantitative estimate of drug-likeness (QED) is 0.0180. The topological polar surface area (TPSA) is 311 Å². The van der Waals surface area contributed by atoms with E-state index in [-0.39, 0.29) is 33.5 Å². The molecule has 0 unspecified atom stereocenters. The Morgan fingerprint density at radius 2 is 1.06 bits per heavy atom. The van der Waals surface area contributed by atoms with Crippen LogP contribution in [0.1, 0.15) is 57.4 Å². The van der Waals surface area contributed by atoms with Gasteiger partial charge in [-0.05, 0) is 136 Å². The van der Waals surface area contributed by atoms with Gasteiger partial charge in [0.05, 0.1) is 40.8 Å². The van der Waals surface area contributed by atoms with Crippen LogP contribution in [0.25, 0.3) is 0 Å². The number of carbonyl (C=O) groups excluding carboxylic acids is 6. The lowest BCUT2D eigenvalue weighted by molar-refractivity contribution is -0.708. The number of nitrogens with one attached hydrogen (secondary N) is 10. The number of hydrazine groups is 2. The second-order valence-corrected chi connectivity index (χ2v) is 22.9. The predicted molar refractivity (Wildman–Crippen MR) is 312 cm³/mol. The molecular weight excluding hydrogens is 1110 g/mol. The molecule has 1 fully saturated rings. The number of nitrogens with zero attached hydrogens (tertiary/aromatic N) is 3. The number of ether oxygens (including phenoxy) is 1. The zero-order valence-electron chi connectivity index (χ0n) is 46.7. The standard InChI is InChI=1S/C57H67N13O11S2/c1-38-13-23-48(82(77,78)66-46-19-15-44(16-20-46)62-64-56(75)54(73)58-5)40(3)51(38)60-50(71)35-42-11-8-28-69(36-42)26-6-7-27-70-29-9-12-43(37-70)53(72)61-52-39(2)14-24-49(41(52)4)83(79,80)67-47-21-17-45(18-22-47)63-65-57(76)55(74)59-25-10-30-68-31-33-81-34-32-68/h8-9,11-24,28-29,36-37H,6-7,10,25-27,30-35H2,1-5H3,(H8-2,58,59,60,61,62,63,64,65,66,67,71,72,73,74,75,76)/p+2. The highest BCUT2D eigenvalue weighted by atomic mass is 32.2. The number of aromatic nitrogens is 2. The lowest BCUT2D eigenvalue weighted by Crippen LogP contribution is -2.43. The van der Waals surface area contributed by atoms with Crippen molar-refractivity contribution >= 4 is 89.6 Å². The second kappa shape index (κ2) is 28.6. The normalized spacial score (nSPS) is 12.5. The molecule has 1 saturated heterocycles. The number of rotatable bonds is 24. The van der Waals surface area contributed by atoms with Crippen LogP contribution < -0.4 is 61.5 Å². The summed E-state index contributed by atoms with van der Waals surface area (Å²) < 4.78 is 69.0. The summed E-state index contributed by atoms with van der Waals surface area (Å²) in [5, 5.41) is 10.6. The Kier molecular flexibility index (Phi) is 21.3. The van der Waals surface area contributed by atoms with Crippen LogP contribution in [0.2, 0.25) is 0 Å². The van der Waals surface area contributed by atoms with Crippen molar-refractivity contribution in [1.82, 2.24) is 26.4 Å². The number of morpholine rings is 1. The zero-order valence-corrected chi connectivity index (χ0v) is 48.3. The number of aryl methyl sites for hydroxylation is 4. The van der Waals surface area contributed by atoms with Gasteiger partial charge in [-0.1, -0.05) is 12.1 Å². The minimum absolute atomic E-state index is 0.0262. The third-order valence-electron chi connectivity index (χ3n) is 13.4. The summed E-state index contributed by atoms with van der Waals surface area (Å²) in [6.07, 6.45) is 9.61. The molecule has 24 nitrogen and oxygen atoms in total. The lowest BCUT2D eigenvalue weighted by atomic mass is 10.1. The Hall–Kier alpha value is -8.98. The molecule has 0 radical (unpaired) electrons. The molecule has 10 N–H and O–H groups in total. The zero-order chi connectivity index (χ0) is 59.7. The molecule has 26 heteroatoms. The molecule has 0 saturated carbocycles. The Labute approximate surface area is 482 Å². The monoisotopic (exact) mass is 1180 g/mol. The fraction of sp³-hybridized carbons (Fsp3) is 0.298. The summed E-state index contributed by atoms with van der Waals surface area (Å²) in [4.78, 5) is 77.1. The first-order valence-electron chi connectivity index (χ1n) is 26.7. The maximum absolute atomic E-state index is 13.7. The van der Waals surface area contributed by atoms with Gasteiger partial charge in [-0.15, -0.1) is 0 Å². The average molecular weight is 1180 g/mol. The van der Waals surface area contributed by atoms with E-state index in [1.807, 2.05) is 39.9 Å². The van der Waals surface area contributed by atoms with E-state index in [1.54, 1.807) is 58.2 Å². The van der Waals surface area contributed by atoms with Crippen LogP contribution in [0.5, 0.6) is 0 Å². The van der Waals surface area contributed by atoms with Gasteiger partial charge in [-0.25, -0.2) is 26.0 Å². The van der Waals surface area contributed by atoms with Crippen LogP contribution in [0.15, 0.2) is 132 Å². The number of hydrogen-bond acceptors (Lipinski definition) is 14. The molecule has 0 bridgehead atoms. The van der Waals surface area contributed by atoms with Crippen molar-refractivity contribution in [3.05, 3.63) is 155 Å². The second-order valence-electron chi connectivity index (χ2n) is 19.6. The number of unbranched alkanes of at least 4 members (excludes halogenated alkanes) is 1. The molecule has 6 aromatic rings. The van der Waals surface area contributed by atoms with Crippen molar-refractivity contribution in [2.45, 2.75) is 76.3 Å². The molecule has 2 aromatic heterocycles. The number of pyridine rings is 2. The molecule has 1 aliphatic heterocycles. The number of sulfonamides is 2. The highest BCUT2D eigenvalue weighted by Crippen LogP contribution is 2.31. The molecule has 4 aromatic carbocycles. The summed E-state index contributed by atoms with van der Waals surface area (Å²) in [5.74, 6) is -4.17. The molecule has 83 heavy (non-hydrogen) atoms. The van der Waals surface area contributed by atoms with Gasteiger partial charge in [0.2, 0.25) is 5.91 Å². The molecule has 6 amide bonds. The van der Waals surface area contributed by atoms with E-state index < -0.39 is 49.6 Å². The molecule has 1 aliphatic rings. The van der Waals surface area contributed by atoms with Gasteiger partial charge in [0.25, 0.3) is 26.0 Å². The average Bonchev–Trinajstić information content (AvgIpc) is 3.66. The maximum atomic E-state index is 13.7. The summed E-state index contributed by atoms with van der Waals surface area (Å²) in [5.41, 5.74) is 14.9. The summed E-state index contributed by atoms with van der Waals surface area (Å²) in [6.45, 7) is 12.2. The minimum Gasteiger partial charge on any atom is -0.379 e. The lowest BCUT2D eigenvalue weighted by Gasteiger charge is -2.26. The van der Waals surface area contributed by atoms with Crippen LogP contribution in [0.3, 0.4) is 0 Å². The van der Waals surface area contributed by atoms with Crippen LogP contribution in [0.4, 0.5) is 34.1 Å². The number of benzene rings is 4. The van der Waals surface area contributed by atoms with Gasteiger partial charge in [-0.2, -0.15) is 0 Å².